The molecule has 0 radical (unpaired) electrons. The van der Waals surface area contributed by atoms with Crippen LogP contribution in [0.5, 0.6) is 0 Å². The molecule has 0 unspecified atom stereocenters. The Kier molecular flexibility index (Phi) is 2.41. The van der Waals surface area contributed by atoms with Crippen LogP contribution in [0.1, 0.15) is 15.9 Å². The number of nitrogens with zero attached hydrogens (tertiary/aromatic N) is 1. The molecule has 0 spiro atoms. The zero-order valence-corrected chi connectivity index (χ0v) is 10.4. The fraction of sp³-hybridized carbons (Fsp3) is 0.0769. The molecule has 3 rings (SSSR count). The predicted octanol–water partition coefficient (Wildman–Crippen LogP) is 2.42. The van der Waals surface area contributed by atoms with E-state index >= 15 is 0 Å². The van der Waals surface area contributed by atoms with Crippen LogP contribution in [0.2, 0.25) is 0 Å². The number of oxazole rings is 1. The molecule has 0 saturated heterocycles. The lowest BCUT2D eigenvalue weighted by Gasteiger charge is -1.98. The van der Waals surface area contributed by atoms with Gasteiger partial charge in [-0.15, -0.1) is 0 Å². The van der Waals surface area contributed by atoms with E-state index in [1.165, 1.54) is 15.9 Å². The fourth-order valence-corrected chi connectivity index (χ4v) is 2.47. The monoisotopic (exact) mass is 259 g/mol. The van der Waals surface area contributed by atoms with Crippen LogP contribution < -0.4 is 5.76 Å². The molecular formula is C13H9NO3S. The van der Waals surface area contributed by atoms with Gasteiger partial charge in [0.2, 0.25) is 0 Å². The van der Waals surface area contributed by atoms with E-state index in [-0.39, 0.29) is 5.78 Å². The minimum Gasteiger partial charge on any atom is -0.408 e. The van der Waals surface area contributed by atoms with Crippen molar-refractivity contribution in [3.8, 4) is 0 Å². The highest BCUT2D eigenvalue weighted by molar-refractivity contribution is 7.08. The van der Waals surface area contributed by atoms with E-state index in [9.17, 15) is 9.59 Å². The van der Waals surface area contributed by atoms with Crippen molar-refractivity contribution in [1.82, 2.24) is 4.57 Å². The molecule has 0 N–H and O–H groups in total. The van der Waals surface area contributed by atoms with Gasteiger partial charge in [0.1, 0.15) is 0 Å². The van der Waals surface area contributed by atoms with E-state index in [4.69, 9.17) is 4.42 Å². The highest BCUT2D eigenvalue weighted by Crippen LogP contribution is 2.18. The first-order valence-electron chi connectivity index (χ1n) is 5.33. The standard InChI is InChI=1S/C13H9NO3S/c1-14-10-3-2-8(6-11(10)17-13(14)16)12(15)9-4-5-18-7-9/h2-7H,1H3. The molecule has 0 saturated carbocycles. The van der Waals surface area contributed by atoms with Gasteiger partial charge < -0.3 is 4.42 Å². The maximum absolute atomic E-state index is 12.1. The second-order valence-corrected chi connectivity index (χ2v) is 4.73. The molecule has 0 amide bonds. The van der Waals surface area contributed by atoms with Gasteiger partial charge in [-0.2, -0.15) is 11.3 Å². The Hall–Kier alpha value is -2.14. The van der Waals surface area contributed by atoms with Crippen molar-refractivity contribution in [2.75, 3.05) is 0 Å². The summed E-state index contributed by atoms with van der Waals surface area (Å²) in [6.45, 7) is 0. The molecule has 4 nitrogen and oxygen atoms in total. The Morgan fingerprint density at radius 2 is 2.11 bits per heavy atom. The van der Waals surface area contributed by atoms with Gasteiger partial charge in [-0.1, -0.05) is 0 Å². The number of benzene rings is 1. The van der Waals surface area contributed by atoms with Crippen LogP contribution in [-0.4, -0.2) is 10.4 Å². The second-order valence-electron chi connectivity index (χ2n) is 3.95. The number of rotatable bonds is 2. The summed E-state index contributed by atoms with van der Waals surface area (Å²) in [6, 6.07) is 6.81. The molecule has 3 aromatic rings. The molecular weight excluding hydrogens is 250 g/mol. The summed E-state index contributed by atoms with van der Waals surface area (Å²) in [6.07, 6.45) is 0. The molecule has 0 bridgehead atoms. The number of ketones is 1. The maximum Gasteiger partial charge on any atom is 0.419 e. The van der Waals surface area contributed by atoms with Crippen LogP contribution in [-0.2, 0) is 7.05 Å². The van der Waals surface area contributed by atoms with Crippen LogP contribution in [0.4, 0.5) is 0 Å². The normalized spacial score (nSPS) is 10.9. The van der Waals surface area contributed by atoms with Gasteiger partial charge in [0.05, 0.1) is 5.52 Å². The van der Waals surface area contributed by atoms with Gasteiger partial charge in [-0.25, -0.2) is 4.79 Å². The van der Waals surface area contributed by atoms with Gasteiger partial charge in [-0.05, 0) is 29.6 Å². The van der Waals surface area contributed by atoms with Gasteiger partial charge in [0.15, 0.2) is 11.4 Å². The van der Waals surface area contributed by atoms with Crippen molar-refractivity contribution >= 4 is 28.2 Å². The number of hydrogen-bond donors (Lipinski definition) is 0. The molecule has 0 aliphatic heterocycles. The Morgan fingerprint density at radius 3 is 2.83 bits per heavy atom. The van der Waals surface area contributed by atoms with Gasteiger partial charge in [0, 0.05) is 23.6 Å². The number of carbonyl (C=O) groups is 1. The van der Waals surface area contributed by atoms with Crippen LogP contribution in [0.3, 0.4) is 0 Å². The third-order valence-corrected chi connectivity index (χ3v) is 3.52. The molecule has 1 aromatic carbocycles. The maximum atomic E-state index is 12.1. The first kappa shape index (κ1) is 11.0. The van der Waals surface area contributed by atoms with E-state index in [0.29, 0.717) is 22.2 Å². The summed E-state index contributed by atoms with van der Waals surface area (Å²) in [5, 5.41) is 3.65. The average molecular weight is 259 g/mol. The Morgan fingerprint density at radius 1 is 1.28 bits per heavy atom. The van der Waals surface area contributed by atoms with Gasteiger partial charge in [0.25, 0.3) is 0 Å². The molecule has 18 heavy (non-hydrogen) atoms. The zero-order chi connectivity index (χ0) is 12.7. The molecule has 90 valence electrons. The average Bonchev–Trinajstić information content (AvgIpc) is 2.98. The second kappa shape index (κ2) is 3.96. The van der Waals surface area contributed by atoms with Crippen molar-refractivity contribution in [3.05, 3.63) is 56.7 Å². The SMILES string of the molecule is Cn1c(=O)oc2cc(C(=O)c3ccsc3)ccc21. The minimum atomic E-state index is -0.426. The lowest BCUT2D eigenvalue weighted by molar-refractivity contribution is 0.103. The third-order valence-electron chi connectivity index (χ3n) is 2.84. The van der Waals surface area contributed by atoms with Crippen molar-refractivity contribution < 1.29 is 9.21 Å². The first-order valence-corrected chi connectivity index (χ1v) is 6.27. The summed E-state index contributed by atoms with van der Waals surface area (Å²) >= 11 is 1.47. The van der Waals surface area contributed by atoms with E-state index in [2.05, 4.69) is 0 Å². The molecule has 2 aromatic heterocycles. The molecule has 5 heteroatoms. The van der Waals surface area contributed by atoms with Crippen molar-refractivity contribution in [2.45, 2.75) is 0 Å². The van der Waals surface area contributed by atoms with E-state index in [1.54, 1.807) is 36.7 Å². The number of aromatic nitrogens is 1. The van der Waals surface area contributed by atoms with Crippen LogP contribution in [0, 0.1) is 0 Å². The summed E-state index contributed by atoms with van der Waals surface area (Å²) in [5.41, 5.74) is 2.29. The quantitative estimate of drug-likeness (QED) is 0.664. The summed E-state index contributed by atoms with van der Waals surface area (Å²) in [4.78, 5) is 23.5. The fourth-order valence-electron chi connectivity index (χ4n) is 1.84. The minimum absolute atomic E-state index is 0.0651. The smallest absolute Gasteiger partial charge is 0.408 e. The topological polar surface area (TPSA) is 52.2 Å². The largest absolute Gasteiger partial charge is 0.419 e. The lowest BCUT2D eigenvalue weighted by atomic mass is 10.1. The summed E-state index contributed by atoms with van der Waals surface area (Å²) < 4.78 is 6.48. The van der Waals surface area contributed by atoms with E-state index in [1.807, 2.05) is 5.38 Å². The molecule has 0 aliphatic rings. The van der Waals surface area contributed by atoms with Crippen molar-refractivity contribution in [2.24, 2.45) is 7.05 Å². The highest BCUT2D eigenvalue weighted by atomic mass is 32.1. The zero-order valence-electron chi connectivity index (χ0n) is 9.54. The number of aryl methyl sites for hydroxylation is 1. The molecule has 0 atom stereocenters. The van der Waals surface area contributed by atoms with Crippen molar-refractivity contribution in [1.29, 1.82) is 0 Å². The first-order chi connectivity index (χ1) is 8.66. The molecule has 2 heterocycles. The van der Waals surface area contributed by atoms with Crippen LogP contribution >= 0.6 is 11.3 Å². The van der Waals surface area contributed by atoms with Crippen LogP contribution in [0.25, 0.3) is 11.1 Å². The van der Waals surface area contributed by atoms with Crippen LogP contribution in [0.15, 0.2) is 44.2 Å². The predicted molar refractivity (Wildman–Crippen MR) is 69.2 cm³/mol. The lowest BCUT2D eigenvalue weighted by Crippen LogP contribution is -2.08. The third kappa shape index (κ3) is 1.60. The number of fused-ring (bicyclic) bond motifs is 1. The van der Waals surface area contributed by atoms with Gasteiger partial charge in [-0.3, -0.25) is 9.36 Å². The highest BCUT2D eigenvalue weighted by Gasteiger charge is 2.12. The Balaban J connectivity index is 2.14. The number of thiophene rings is 1. The number of carbonyl (C=O) groups excluding carboxylic acids is 1. The van der Waals surface area contributed by atoms with Crippen molar-refractivity contribution in [3.63, 3.8) is 0 Å². The van der Waals surface area contributed by atoms with Gasteiger partial charge >= 0.3 is 5.76 Å². The summed E-state index contributed by atoms with van der Waals surface area (Å²) in [7, 11) is 1.63. The Labute approximate surface area is 106 Å². The number of hydrogen-bond acceptors (Lipinski definition) is 4. The van der Waals surface area contributed by atoms with E-state index in [0.717, 1.165) is 0 Å². The molecule has 0 aliphatic carbocycles. The van der Waals surface area contributed by atoms with E-state index < -0.39 is 5.76 Å². The Bertz CT molecular complexity index is 780. The summed E-state index contributed by atoms with van der Waals surface area (Å²) in [5.74, 6) is -0.491. The molecule has 0 fully saturated rings.